The Hall–Kier alpha value is -2.73. The highest BCUT2D eigenvalue weighted by Gasteiger charge is 2.13. The van der Waals surface area contributed by atoms with Crippen LogP contribution in [0.4, 0.5) is 5.69 Å². The zero-order chi connectivity index (χ0) is 26.2. The fraction of sp³-hybridized carbons (Fsp3) is 0.467. The monoisotopic (exact) mass is 510 g/mol. The van der Waals surface area contributed by atoms with Crippen LogP contribution in [0.3, 0.4) is 0 Å². The van der Waals surface area contributed by atoms with Crippen molar-refractivity contribution in [3.63, 3.8) is 0 Å². The molecule has 0 bridgehead atoms. The standard InChI is InChI=1S/C30H42N2O3S/c1-5-6-7-8-9-10-11-12-21-35-26-16-13-24(14-17-26)30(34)32-27-22-25(15-18-28(27)36-4)29(33)31-20-19-23(2)3/h13-19,22H,5-12,20-21H2,1-4H3,(H,31,33)(H,32,34). The molecule has 36 heavy (non-hydrogen) atoms. The van der Waals surface area contributed by atoms with Crippen LogP contribution in [-0.4, -0.2) is 31.2 Å². The van der Waals surface area contributed by atoms with Crippen molar-refractivity contribution in [2.24, 2.45) is 0 Å². The molecule has 6 heteroatoms. The van der Waals surface area contributed by atoms with Crippen LogP contribution in [0.2, 0.25) is 0 Å². The molecule has 5 nitrogen and oxygen atoms in total. The fourth-order valence-electron chi connectivity index (χ4n) is 3.72. The lowest BCUT2D eigenvalue weighted by Crippen LogP contribution is -2.23. The van der Waals surface area contributed by atoms with Gasteiger partial charge in [-0.25, -0.2) is 0 Å². The first-order valence-electron chi connectivity index (χ1n) is 13.1. The first-order chi connectivity index (χ1) is 17.4. The number of ether oxygens (including phenoxy) is 1. The van der Waals surface area contributed by atoms with Crippen molar-refractivity contribution < 1.29 is 14.3 Å². The number of nitrogens with one attached hydrogen (secondary N) is 2. The Morgan fingerprint density at radius 1 is 0.861 bits per heavy atom. The summed E-state index contributed by atoms with van der Waals surface area (Å²) in [6.45, 7) is 7.39. The number of thioether (sulfide) groups is 1. The first-order valence-corrected chi connectivity index (χ1v) is 14.3. The molecule has 0 saturated carbocycles. The van der Waals surface area contributed by atoms with E-state index < -0.39 is 0 Å². The molecule has 2 amide bonds. The Balaban J connectivity index is 1.85. The predicted octanol–water partition coefficient (Wildman–Crippen LogP) is 7.88. The third-order valence-corrected chi connectivity index (χ3v) is 6.66. The number of hydrogen-bond donors (Lipinski definition) is 2. The summed E-state index contributed by atoms with van der Waals surface area (Å²) >= 11 is 1.52. The second-order valence-corrected chi connectivity index (χ2v) is 10.1. The van der Waals surface area contributed by atoms with E-state index in [4.69, 9.17) is 4.74 Å². The van der Waals surface area contributed by atoms with Gasteiger partial charge in [-0.15, -0.1) is 11.8 Å². The molecule has 0 unspecified atom stereocenters. The molecule has 2 aromatic rings. The number of amides is 2. The summed E-state index contributed by atoms with van der Waals surface area (Å²) in [6, 6.07) is 12.6. The molecule has 0 spiro atoms. The number of unbranched alkanes of at least 4 members (excludes halogenated alkanes) is 7. The lowest BCUT2D eigenvalue weighted by Gasteiger charge is -2.12. The van der Waals surface area contributed by atoms with E-state index in [0.29, 0.717) is 30.0 Å². The maximum Gasteiger partial charge on any atom is 0.255 e. The topological polar surface area (TPSA) is 67.4 Å². The molecule has 0 saturated heterocycles. The smallest absolute Gasteiger partial charge is 0.255 e. The van der Waals surface area contributed by atoms with Gasteiger partial charge in [0.2, 0.25) is 0 Å². The molecule has 2 aromatic carbocycles. The van der Waals surface area contributed by atoms with Gasteiger partial charge in [0, 0.05) is 22.6 Å². The van der Waals surface area contributed by atoms with E-state index >= 15 is 0 Å². The van der Waals surface area contributed by atoms with Crippen LogP contribution in [0.1, 0.15) is 92.9 Å². The van der Waals surface area contributed by atoms with E-state index in [2.05, 4.69) is 17.6 Å². The molecule has 0 aromatic heterocycles. The minimum atomic E-state index is -0.220. The van der Waals surface area contributed by atoms with Crippen LogP contribution in [0.25, 0.3) is 0 Å². The van der Waals surface area contributed by atoms with E-state index in [9.17, 15) is 9.59 Å². The maximum absolute atomic E-state index is 12.9. The second kappa shape index (κ2) is 16.9. The summed E-state index contributed by atoms with van der Waals surface area (Å²) in [5.41, 5.74) is 2.82. The van der Waals surface area contributed by atoms with E-state index in [1.54, 1.807) is 24.3 Å². The zero-order valence-corrected chi connectivity index (χ0v) is 23.1. The van der Waals surface area contributed by atoms with Crippen molar-refractivity contribution in [3.8, 4) is 5.75 Å². The van der Waals surface area contributed by atoms with Crippen molar-refractivity contribution in [1.82, 2.24) is 5.32 Å². The van der Waals surface area contributed by atoms with Crippen LogP contribution in [0, 0.1) is 0 Å². The zero-order valence-electron chi connectivity index (χ0n) is 22.3. The highest BCUT2D eigenvalue weighted by molar-refractivity contribution is 7.98. The van der Waals surface area contributed by atoms with Crippen LogP contribution in [0.15, 0.2) is 59.0 Å². The average molecular weight is 511 g/mol. The molecule has 0 atom stereocenters. The van der Waals surface area contributed by atoms with Gasteiger partial charge in [-0.3, -0.25) is 9.59 Å². The van der Waals surface area contributed by atoms with Gasteiger partial charge in [-0.1, -0.05) is 63.5 Å². The van der Waals surface area contributed by atoms with E-state index in [-0.39, 0.29) is 11.8 Å². The summed E-state index contributed by atoms with van der Waals surface area (Å²) in [5, 5.41) is 5.83. The predicted molar refractivity (Wildman–Crippen MR) is 152 cm³/mol. The summed E-state index contributed by atoms with van der Waals surface area (Å²) in [7, 11) is 0. The minimum absolute atomic E-state index is 0.173. The highest BCUT2D eigenvalue weighted by Crippen LogP contribution is 2.27. The van der Waals surface area contributed by atoms with Gasteiger partial charge < -0.3 is 15.4 Å². The van der Waals surface area contributed by atoms with Crippen molar-refractivity contribution in [1.29, 1.82) is 0 Å². The summed E-state index contributed by atoms with van der Waals surface area (Å²) in [6.07, 6.45) is 14.0. The van der Waals surface area contributed by atoms with Gasteiger partial charge in [-0.05, 0) is 69.0 Å². The highest BCUT2D eigenvalue weighted by atomic mass is 32.2. The Morgan fingerprint density at radius 2 is 1.50 bits per heavy atom. The fourth-order valence-corrected chi connectivity index (χ4v) is 4.25. The molecule has 0 aliphatic rings. The molecule has 196 valence electrons. The number of anilines is 1. The molecule has 2 rings (SSSR count). The third kappa shape index (κ3) is 10.9. The number of hydrogen-bond acceptors (Lipinski definition) is 4. The number of carbonyl (C=O) groups is 2. The molecule has 0 aliphatic heterocycles. The van der Waals surface area contributed by atoms with Gasteiger partial charge in [0.15, 0.2) is 0 Å². The lowest BCUT2D eigenvalue weighted by molar-refractivity contribution is 0.0956. The van der Waals surface area contributed by atoms with E-state index in [0.717, 1.165) is 22.6 Å². The molecule has 0 radical (unpaired) electrons. The van der Waals surface area contributed by atoms with Crippen molar-refractivity contribution in [2.75, 3.05) is 24.7 Å². The molecule has 0 aliphatic carbocycles. The van der Waals surface area contributed by atoms with E-state index in [1.807, 2.05) is 44.4 Å². The van der Waals surface area contributed by atoms with Crippen LogP contribution in [-0.2, 0) is 0 Å². The number of rotatable bonds is 16. The second-order valence-electron chi connectivity index (χ2n) is 9.21. The largest absolute Gasteiger partial charge is 0.494 e. The van der Waals surface area contributed by atoms with Gasteiger partial charge in [-0.2, -0.15) is 0 Å². The molecular weight excluding hydrogens is 468 g/mol. The Kier molecular flexibility index (Phi) is 13.8. The van der Waals surface area contributed by atoms with Crippen LogP contribution >= 0.6 is 11.8 Å². The Bertz CT molecular complexity index is 982. The lowest BCUT2D eigenvalue weighted by atomic mass is 10.1. The normalized spacial score (nSPS) is 10.6. The third-order valence-electron chi connectivity index (χ3n) is 5.87. The van der Waals surface area contributed by atoms with Crippen LogP contribution in [0.5, 0.6) is 5.75 Å². The Labute approximate surface area is 221 Å². The van der Waals surface area contributed by atoms with E-state index in [1.165, 1.54) is 56.7 Å². The first kappa shape index (κ1) is 29.5. The summed E-state index contributed by atoms with van der Waals surface area (Å²) in [4.78, 5) is 26.3. The average Bonchev–Trinajstić information content (AvgIpc) is 2.87. The minimum Gasteiger partial charge on any atom is -0.494 e. The molecule has 0 fully saturated rings. The van der Waals surface area contributed by atoms with Gasteiger partial charge >= 0.3 is 0 Å². The van der Waals surface area contributed by atoms with Crippen molar-refractivity contribution in [3.05, 3.63) is 65.2 Å². The quantitative estimate of drug-likeness (QED) is 0.137. The van der Waals surface area contributed by atoms with Gasteiger partial charge in [0.05, 0.1) is 12.3 Å². The molecular formula is C30H42N2O3S. The molecule has 0 heterocycles. The summed E-state index contributed by atoms with van der Waals surface area (Å²) in [5.74, 6) is 0.380. The SMILES string of the molecule is CCCCCCCCCCOc1ccc(C(=O)Nc2cc(C(=O)NCC=C(C)C)ccc2SC)cc1. The summed E-state index contributed by atoms with van der Waals surface area (Å²) < 4.78 is 5.85. The number of carbonyl (C=O) groups excluding carboxylic acids is 2. The number of allylic oxidation sites excluding steroid dienone is 1. The van der Waals surface area contributed by atoms with Gasteiger partial charge in [0.1, 0.15) is 5.75 Å². The molecule has 2 N–H and O–H groups in total. The Morgan fingerprint density at radius 3 is 2.14 bits per heavy atom. The van der Waals surface area contributed by atoms with Gasteiger partial charge in [0.25, 0.3) is 11.8 Å². The maximum atomic E-state index is 12.9. The van der Waals surface area contributed by atoms with Crippen LogP contribution < -0.4 is 15.4 Å². The van der Waals surface area contributed by atoms with Crippen molar-refractivity contribution in [2.45, 2.75) is 77.0 Å². The number of benzene rings is 2. The van der Waals surface area contributed by atoms with Crippen molar-refractivity contribution >= 4 is 29.3 Å².